The molecule has 0 radical (unpaired) electrons. The maximum Gasteiger partial charge on any atom is 0.230 e. The van der Waals surface area contributed by atoms with Gasteiger partial charge >= 0.3 is 0 Å². The van der Waals surface area contributed by atoms with Crippen molar-refractivity contribution in [1.29, 1.82) is 0 Å². The summed E-state index contributed by atoms with van der Waals surface area (Å²) < 4.78 is 0. The number of hydrogen-bond donors (Lipinski definition) is 3. The number of aliphatic hydroxyl groups is 2. The van der Waals surface area contributed by atoms with Gasteiger partial charge in [0.1, 0.15) is 5.60 Å². The van der Waals surface area contributed by atoms with Gasteiger partial charge in [-0.1, -0.05) is 49.6 Å². The second kappa shape index (κ2) is 5.57. The fourth-order valence-corrected chi connectivity index (χ4v) is 5.61. The lowest BCUT2D eigenvalue weighted by molar-refractivity contribution is -0.155. The zero-order valence-corrected chi connectivity index (χ0v) is 14.1. The van der Waals surface area contributed by atoms with Crippen LogP contribution in [0.1, 0.15) is 63.4 Å². The van der Waals surface area contributed by atoms with E-state index in [1.165, 1.54) is 0 Å². The number of rotatable bonds is 1. The van der Waals surface area contributed by atoms with Crippen molar-refractivity contribution in [3.63, 3.8) is 0 Å². The lowest BCUT2D eigenvalue weighted by Crippen LogP contribution is -2.61. The van der Waals surface area contributed by atoms with Gasteiger partial charge in [-0.2, -0.15) is 0 Å². The summed E-state index contributed by atoms with van der Waals surface area (Å²) in [6.07, 6.45) is 6.80. The third kappa shape index (κ3) is 1.96. The zero-order valence-electron chi connectivity index (χ0n) is 14.1. The van der Waals surface area contributed by atoms with Crippen molar-refractivity contribution in [2.75, 3.05) is 0 Å². The number of hydrogen-bond acceptors (Lipinski definition) is 3. The Morgan fingerprint density at radius 1 is 0.958 bits per heavy atom. The summed E-state index contributed by atoms with van der Waals surface area (Å²) in [6, 6.07) is 9.75. The highest BCUT2D eigenvalue weighted by atomic mass is 16.3. The topological polar surface area (TPSA) is 69.6 Å². The van der Waals surface area contributed by atoms with Crippen molar-refractivity contribution in [2.24, 2.45) is 5.41 Å². The van der Waals surface area contributed by atoms with Gasteiger partial charge < -0.3 is 15.5 Å². The first kappa shape index (κ1) is 16.1. The molecule has 1 aliphatic heterocycles. The molecule has 2 saturated carbocycles. The first-order valence-corrected chi connectivity index (χ1v) is 9.33. The van der Waals surface area contributed by atoms with E-state index < -0.39 is 16.6 Å². The molecular formula is C20H27NO3. The van der Waals surface area contributed by atoms with Crippen LogP contribution in [0, 0.1) is 5.41 Å². The van der Waals surface area contributed by atoms with Crippen LogP contribution >= 0.6 is 0 Å². The standard InChI is InChI=1S/C20H27NO3/c22-16-9-13-19(14-10-16)20(24,15-7-3-1-4-8-15)18(17(23)21-19)11-5-2-6-12-18/h1,3-4,7-8,16,22,24H,2,5-6,9-14H2,(H,21,23). The van der Waals surface area contributed by atoms with Crippen molar-refractivity contribution in [3.8, 4) is 0 Å². The molecule has 4 rings (SSSR count). The Morgan fingerprint density at radius 3 is 2.21 bits per heavy atom. The highest BCUT2D eigenvalue weighted by Crippen LogP contribution is 2.62. The second-order valence-corrected chi connectivity index (χ2v) is 7.99. The van der Waals surface area contributed by atoms with Crippen molar-refractivity contribution < 1.29 is 15.0 Å². The van der Waals surface area contributed by atoms with E-state index in [1.807, 2.05) is 30.3 Å². The Balaban J connectivity index is 1.88. The number of amides is 1. The Bertz CT molecular complexity index is 615. The summed E-state index contributed by atoms with van der Waals surface area (Å²) in [6.45, 7) is 0. The molecular weight excluding hydrogens is 302 g/mol. The third-order valence-corrected chi connectivity index (χ3v) is 6.88. The molecule has 3 fully saturated rings. The van der Waals surface area contributed by atoms with Gasteiger partial charge in [-0.25, -0.2) is 0 Å². The molecule has 1 saturated heterocycles. The first-order valence-electron chi connectivity index (χ1n) is 9.33. The maximum absolute atomic E-state index is 13.2. The van der Waals surface area contributed by atoms with Gasteiger partial charge in [0.15, 0.2) is 0 Å². The molecule has 1 atom stereocenters. The van der Waals surface area contributed by atoms with E-state index in [-0.39, 0.29) is 12.0 Å². The Labute approximate surface area is 143 Å². The molecule has 24 heavy (non-hydrogen) atoms. The number of nitrogens with one attached hydrogen (secondary N) is 1. The van der Waals surface area contributed by atoms with Crippen molar-refractivity contribution in [2.45, 2.75) is 75.0 Å². The van der Waals surface area contributed by atoms with Crippen LogP contribution in [0.5, 0.6) is 0 Å². The van der Waals surface area contributed by atoms with E-state index in [1.54, 1.807) is 0 Å². The number of aliphatic hydroxyl groups excluding tert-OH is 1. The first-order chi connectivity index (χ1) is 11.5. The lowest BCUT2D eigenvalue weighted by Gasteiger charge is -2.52. The highest BCUT2D eigenvalue weighted by Gasteiger charge is 2.72. The molecule has 1 unspecified atom stereocenters. The maximum atomic E-state index is 13.2. The smallest absolute Gasteiger partial charge is 0.230 e. The third-order valence-electron chi connectivity index (χ3n) is 6.88. The number of carbonyl (C=O) groups excluding carboxylic acids is 1. The van der Waals surface area contributed by atoms with Crippen LogP contribution in [0.3, 0.4) is 0 Å². The van der Waals surface area contributed by atoms with Crippen LogP contribution in [0.4, 0.5) is 0 Å². The molecule has 4 heteroatoms. The summed E-state index contributed by atoms with van der Waals surface area (Å²) in [4.78, 5) is 13.2. The van der Waals surface area contributed by atoms with Gasteiger partial charge in [0.05, 0.1) is 17.1 Å². The molecule has 3 N–H and O–H groups in total. The normalized spacial score (nSPS) is 38.4. The average Bonchev–Trinajstić information content (AvgIpc) is 2.79. The van der Waals surface area contributed by atoms with Crippen LogP contribution in [-0.2, 0) is 10.4 Å². The minimum Gasteiger partial charge on any atom is -0.393 e. The van der Waals surface area contributed by atoms with Gasteiger partial charge in [0, 0.05) is 0 Å². The predicted molar refractivity (Wildman–Crippen MR) is 91.2 cm³/mol. The minimum absolute atomic E-state index is 0.0185. The summed E-state index contributed by atoms with van der Waals surface area (Å²) >= 11 is 0. The molecule has 1 aromatic carbocycles. The molecule has 1 heterocycles. The molecule has 2 aliphatic carbocycles. The monoisotopic (exact) mass is 329 g/mol. The fourth-order valence-electron chi connectivity index (χ4n) is 5.61. The minimum atomic E-state index is -1.20. The van der Waals surface area contributed by atoms with Crippen molar-refractivity contribution in [1.82, 2.24) is 5.32 Å². The molecule has 4 nitrogen and oxygen atoms in total. The van der Waals surface area contributed by atoms with Crippen molar-refractivity contribution >= 4 is 5.91 Å². The zero-order chi connectivity index (χ0) is 16.8. The Morgan fingerprint density at radius 2 is 1.58 bits per heavy atom. The summed E-state index contributed by atoms with van der Waals surface area (Å²) in [7, 11) is 0. The molecule has 2 spiro atoms. The molecule has 130 valence electrons. The Hall–Kier alpha value is -1.39. The van der Waals surface area contributed by atoms with E-state index in [2.05, 4.69) is 5.32 Å². The summed E-state index contributed by atoms with van der Waals surface area (Å²) in [5.41, 5.74) is -1.72. The molecule has 1 amide bonds. The van der Waals surface area contributed by atoms with Gasteiger partial charge in [-0.05, 0) is 44.1 Å². The molecule has 0 aromatic heterocycles. The van der Waals surface area contributed by atoms with Gasteiger partial charge in [-0.15, -0.1) is 0 Å². The van der Waals surface area contributed by atoms with Gasteiger partial charge in [0.25, 0.3) is 0 Å². The van der Waals surface area contributed by atoms with E-state index in [0.29, 0.717) is 25.7 Å². The number of benzene rings is 1. The van der Waals surface area contributed by atoms with Crippen LogP contribution < -0.4 is 5.32 Å². The number of carbonyl (C=O) groups is 1. The van der Waals surface area contributed by atoms with Crippen molar-refractivity contribution in [3.05, 3.63) is 35.9 Å². The Kier molecular flexibility index (Phi) is 3.73. The molecule has 1 aromatic rings. The van der Waals surface area contributed by atoms with E-state index >= 15 is 0 Å². The van der Waals surface area contributed by atoms with Crippen LogP contribution in [0.2, 0.25) is 0 Å². The quantitative estimate of drug-likeness (QED) is 0.742. The summed E-state index contributed by atoms with van der Waals surface area (Å²) in [5.74, 6) is 0.0185. The van der Waals surface area contributed by atoms with E-state index in [0.717, 1.165) is 37.7 Å². The second-order valence-electron chi connectivity index (χ2n) is 7.99. The van der Waals surface area contributed by atoms with Crippen LogP contribution in [-0.4, -0.2) is 27.8 Å². The van der Waals surface area contributed by atoms with Crippen LogP contribution in [0.25, 0.3) is 0 Å². The van der Waals surface area contributed by atoms with Gasteiger partial charge in [0.2, 0.25) is 5.91 Å². The van der Waals surface area contributed by atoms with Crippen LogP contribution in [0.15, 0.2) is 30.3 Å². The van der Waals surface area contributed by atoms with Gasteiger partial charge in [-0.3, -0.25) is 4.79 Å². The average molecular weight is 329 g/mol. The fraction of sp³-hybridized carbons (Fsp3) is 0.650. The summed E-state index contributed by atoms with van der Waals surface area (Å²) in [5, 5.41) is 25.4. The molecule has 3 aliphatic rings. The van der Waals surface area contributed by atoms with E-state index in [4.69, 9.17) is 0 Å². The highest BCUT2D eigenvalue weighted by molar-refractivity contribution is 5.89. The largest absolute Gasteiger partial charge is 0.393 e. The lowest BCUT2D eigenvalue weighted by atomic mass is 9.54. The SMILES string of the molecule is O=C1NC2(CCC(O)CC2)C(O)(c2ccccc2)C12CCCCC2. The predicted octanol–water partition coefficient (Wildman–Crippen LogP) is 2.63. The molecule has 0 bridgehead atoms. The van der Waals surface area contributed by atoms with E-state index in [9.17, 15) is 15.0 Å².